The molecular formula is C14H14BrF3N2O2. The Hall–Kier alpha value is -1.41. The molecule has 4 nitrogen and oxygen atoms in total. The van der Waals surface area contributed by atoms with Crippen molar-refractivity contribution in [3.63, 3.8) is 0 Å². The molecular weight excluding hydrogens is 365 g/mol. The largest absolute Gasteiger partial charge is 0.438 e. The van der Waals surface area contributed by atoms with Gasteiger partial charge in [-0.3, -0.25) is 4.79 Å². The van der Waals surface area contributed by atoms with E-state index in [0.29, 0.717) is 17.3 Å². The van der Waals surface area contributed by atoms with E-state index in [0.717, 1.165) is 0 Å². The molecule has 0 aromatic heterocycles. The Bertz CT molecular complexity index is 618. The molecule has 1 atom stereocenters. The van der Waals surface area contributed by atoms with Gasteiger partial charge in [0.1, 0.15) is 0 Å². The summed E-state index contributed by atoms with van der Waals surface area (Å²) in [6.07, 6.45) is -4.84. The number of rotatable bonds is 3. The summed E-state index contributed by atoms with van der Waals surface area (Å²) in [6.45, 7) is 1.79. The van der Waals surface area contributed by atoms with Gasteiger partial charge >= 0.3 is 6.18 Å². The molecule has 1 aromatic carbocycles. The summed E-state index contributed by atoms with van der Waals surface area (Å²) in [5, 5.41) is 13.9. The number of halogens is 4. The van der Waals surface area contributed by atoms with Crippen molar-refractivity contribution in [2.24, 2.45) is 5.10 Å². The SMILES string of the molecule is CCCC1=NN(C(=O)c2cccc(Br)c2)C(O)(C(F)(F)F)C1. The highest BCUT2D eigenvalue weighted by Crippen LogP contribution is 2.41. The maximum absolute atomic E-state index is 13.2. The lowest BCUT2D eigenvalue weighted by atomic mass is 10.0. The second kappa shape index (κ2) is 6.00. The Balaban J connectivity index is 2.41. The average molecular weight is 379 g/mol. The fraction of sp³-hybridized carbons (Fsp3) is 0.429. The standard InChI is InChI=1S/C14H14BrF3N2O2/c1-2-4-11-8-13(22,14(16,17)18)20(19-11)12(21)9-5-3-6-10(15)7-9/h3,5-7,22H,2,4,8H2,1H3. The van der Waals surface area contributed by atoms with Crippen LogP contribution in [0.15, 0.2) is 33.8 Å². The molecule has 0 saturated heterocycles. The summed E-state index contributed by atoms with van der Waals surface area (Å²) >= 11 is 3.15. The van der Waals surface area contributed by atoms with Crippen molar-refractivity contribution in [3.8, 4) is 0 Å². The van der Waals surface area contributed by atoms with Crippen LogP contribution in [-0.2, 0) is 0 Å². The van der Waals surface area contributed by atoms with Gasteiger partial charge in [0, 0.05) is 22.2 Å². The maximum atomic E-state index is 13.2. The molecule has 1 amide bonds. The molecule has 1 N–H and O–H groups in total. The molecule has 2 rings (SSSR count). The minimum absolute atomic E-state index is 0.0125. The zero-order valence-electron chi connectivity index (χ0n) is 11.7. The van der Waals surface area contributed by atoms with E-state index in [4.69, 9.17) is 0 Å². The first-order valence-corrected chi connectivity index (χ1v) is 7.44. The van der Waals surface area contributed by atoms with Gasteiger partial charge in [-0.2, -0.15) is 23.3 Å². The molecule has 8 heteroatoms. The van der Waals surface area contributed by atoms with Crippen molar-refractivity contribution in [2.75, 3.05) is 0 Å². The Labute approximate surface area is 133 Å². The number of benzene rings is 1. The number of nitrogens with zero attached hydrogens (tertiary/aromatic N) is 2. The highest BCUT2D eigenvalue weighted by atomic mass is 79.9. The molecule has 1 unspecified atom stereocenters. The molecule has 0 spiro atoms. The summed E-state index contributed by atoms with van der Waals surface area (Å²) in [7, 11) is 0. The van der Waals surface area contributed by atoms with Gasteiger partial charge in [0.25, 0.3) is 11.6 Å². The van der Waals surface area contributed by atoms with Crippen LogP contribution in [0.2, 0.25) is 0 Å². The fourth-order valence-corrected chi connectivity index (χ4v) is 2.62. The normalized spacial score (nSPS) is 21.9. The van der Waals surface area contributed by atoms with Crippen LogP contribution in [0.25, 0.3) is 0 Å². The van der Waals surface area contributed by atoms with E-state index in [1.54, 1.807) is 13.0 Å². The van der Waals surface area contributed by atoms with E-state index in [1.165, 1.54) is 18.2 Å². The third-order valence-corrected chi connectivity index (χ3v) is 3.79. The van der Waals surface area contributed by atoms with Crippen LogP contribution in [0.5, 0.6) is 0 Å². The van der Waals surface area contributed by atoms with Gasteiger partial charge in [0.2, 0.25) is 0 Å². The zero-order chi connectivity index (χ0) is 16.5. The highest BCUT2D eigenvalue weighted by Gasteiger charge is 2.63. The molecule has 22 heavy (non-hydrogen) atoms. The summed E-state index contributed by atoms with van der Waals surface area (Å²) < 4.78 is 40.3. The number of carbonyl (C=O) groups excluding carboxylic acids is 1. The van der Waals surface area contributed by atoms with Gasteiger partial charge in [-0.25, -0.2) is 0 Å². The van der Waals surface area contributed by atoms with E-state index in [2.05, 4.69) is 21.0 Å². The van der Waals surface area contributed by atoms with Crippen LogP contribution < -0.4 is 0 Å². The lowest BCUT2D eigenvalue weighted by Crippen LogP contribution is -2.56. The van der Waals surface area contributed by atoms with Crippen molar-refractivity contribution >= 4 is 27.5 Å². The molecule has 0 radical (unpaired) electrons. The lowest BCUT2D eigenvalue weighted by molar-refractivity contribution is -0.297. The first-order valence-electron chi connectivity index (χ1n) is 6.64. The van der Waals surface area contributed by atoms with Crippen LogP contribution in [-0.4, -0.2) is 33.6 Å². The molecule has 120 valence electrons. The van der Waals surface area contributed by atoms with Gasteiger partial charge < -0.3 is 5.11 Å². The first-order chi connectivity index (χ1) is 10.2. The van der Waals surface area contributed by atoms with Crippen LogP contribution in [0, 0.1) is 0 Å². The van der Waals surface area contributed by atoms with Crippen molar-refractivity contribution in [1.82, 2.24) is 5.01 Å². The number of alkyl halides is 3. The number of carbonyl (C=O) groups is 1. The fourth-order valence-electron chi connectivity index (χ4n) is 2.22. The topological polar surface area (TPSA) is 52.9 Å². The summed E-state index contributed by atoms with van der Waals surface area (Å²) in [6, 6.07) is 5.92. The third-order valence-electron chi connectivity index (χ3n) is 3.30. The van der Waals surface area contributed by atoms with Crippen LogP contribution in [0.1, 0.15) is 36.5 Å². The summed E-state index contributed by atoms with van der Waals surface area (Å²) in [5.41, 5.74) is -3.12. The van der Waals surface area contributed by atoms with Crippen molar-refractivity contribution in [2.45, 2.75) is 38.1 Å². The zero-order valence-corrected chi connectivity index (χ0v) is 13.3. The van der Waals surface area contributed by atoms with Gasteiger partial charge in [0.05, 0.1) is 0 Å². The smallest absolute Gasteiger partial charge is 0.362 e. The van der Waals surface area contributed by atoms with Crippen LogP contribution in [0.3, 0.4) is 0 Å². The minimum atomic E-state index is -4.99. The van der Waals surface area contributed by atoms with Crippen molar-refractivity contribution < 1.29 is 23.1 Å². The van der Waals surface area contributed by atoms with Crippen LogP contribution in [0.4, 0.5) is 13.2 Å². The lowest BCUT2D eigenvalue weighted by Gasteiger charge is -2.32. The van der Waals surface area contributed by atoms with E-state index in [1.807, 2.05) is 0 Å². The van der Waals surface area contributed by atoms with Gasteiger partial charge in [-0.05, 0) is 24.6 Å². The maximum Gasteiger partial charge on any atom is 0.438 e. The third kappa shape index (κ3) is 3.03. The van der Waals surface area contributed by atoms with E-state index >= 15 is 0 Å². The van der Waals surface area contributed by atoms with Gasteiger partial charge in [-0.1, -0.05) is 35.3 Å². The summed E-state index contributed by atoms with van der Waals surface area (Å²) in [4.78, 5) is 12.3. The van der Waals surface area contributed by atoms with Gasteiger partial charge in [-0.15, -0.1) is 0 Å². The molecule has 0 aliphatic carbocycles. The molecule has 1 heterocycles. The predicted molar refractivity (Wildman–Crippen MR) is 78.3 cm³/mol. The Morgan fingerprint density at radius 1 is 1.50 bits per heavy atom. The van der Waals surface area contributed by atoms with E-state index in [9.17, 15) is 23.1 Å². The minimum Gasteiger partial charge on any atom is -0.362 e. The molecule has 0 fully saturated rings. The number of hydrazone groups is 1. The van der Waals surface area contributed by atoms with Crippen LogP contribution >= 0.6 is 15.9 Å². The Kier molecular flexibility index (Phi) is 4.62. The Morgan fingerprint density at radius 2 is 2.18 bits per heavy atom. The number of hydrogen-bond donors (Lipinski definition) is 1. The quantitative estimate of drug-likeness (QED) is 0.871. The average Bonchev–Trinajstić information content (AvgIpc) is 2.76. The summed E-state index contributed by atoms with van der Waals surface area (Å²) in [5.74, 6) is -0.993. The van der Waals surface area contributed by atoms with E-state index < -0.39 is 24.2 Å². The molecule has 1 aliphatic heterocycles. The highest BCUT2D eigenvalue weighted by molar-refractivity contribution is 9.10. The molecule has 0 saturated carbocycles. The second-order valence-electron chi connectivity index (χ2n) is 5.03. The second-order valence-corrected chi connectivity index (χ2v) is 5.95. The number of aliphatic hydroxyl groups is 1. The van der Waals surface area contributed by atoms with E-state index in [-0.39, 0.29) is 16.3 Å². The van der Waals surface area contributed by atoms with Gasteiger partial charge in [0.15, 0.2) is 0 Å². The number of hydrogen-bond acceptors (Lipinski definition) is 3. The van der Waals surface area contributed by atoms with Crippen molar-refractivity contribution in [1.29, 1.82) is 0 Å². The predicted octanol–water partition coefficient (Wildman–Crippen LogP) is 3.70. The molecule has 1 aliphatic rings. The first kappa shape index (κ1) is 17.0. The monoisotopic (exact) mass is 378 g/mol. The molecule has 1 aromatic rings. The molecule has 0 bridgehead atoms. The Morgan fingerprint density at radius 3 is 2.73 bits per heavy atom. The van der Waals surface area contributed by atoms with Crippen molar-refractivity contribution in [3.05, 3.63) is 34.3 Å². The number of amides is 1.